The van der Waals surface area contributed by atoms with Crippen molar-refractivity contribution in [3.63, 3.8) is 0 Å². The van der Waals surface area contributed by atoms with Gasteiger partial charge in [-0.15, -0.1) is 0 Å². The average Bonchev–Trinajstić information content (AvgIpc) is 2.84. The summed E-state index contributed by atoms with van der Waals surface area (Å²) < 4.78 is 17.1. The summed E-state index contributed by atoms with van der Waals surface area (Å²) in [6.45, 7) is 8.81. The Balaban J connectivity index is 1.73. The van der Waals surface area contributed by atoms with Crippen LogP contribution in [0.1, 0.15) is 44.6 Å². The lowest BCUT2D eigenvalue weighted by Crippen LogP contribution is -2.29. The summed E-state index contributed by atoms with van der Waals surface area (Å²) in [5, 5.41) is 5.10. The Labute approximate surface area is 260 Å². The second kappa shape index (κ2) is 12.2. The summed E-state index contributed by atoms with van der Waals surface area (Å²) >= 11 is 12.8. The first-order valence-electron chi connectivity index (χ1n) is 11.8. The monoisotopic (exact) mass is 815 g/mol. The Morgan fingerprint density at radius 2 is 1.74 bits per heavy atom. The quantitative estimate of drug-likeness (QED) is 0.139. The maximum atomic E-state index is 13.5. The molecule has 6 nitrogen and oxygen atoms in total. The molecule has 0 aliphatic rings. The molecule has 0 radical (unpaired) electrons. The predicted octanol–water partition coefficient (Wildman–Crippen LogP) is 8.45. The van der Waals surface area contributed by atoms with Crippen molar-refractivity contribution < 1.29 is 9.47 Å². The summed E-state index contributed by atoms with van der Waals surface area (Å²) in [4.78, 5) is 18.2. The first kappa shape index (κ1) is 29.2. The number of hydrogen-bond acceptors (Lipinski definition) is 5. The van der Waals surface area contributed by atoms with Gasteiger partial charge in [-0.2, -0.15) is 9.78 Å². The predicted molar refractivity (Wildman–Crippen MR) is 172 cm³/mol. The van der Waals surface area contributed by atoms with Gasteiger partial charge in [0.2, 0.25) is 0 Å². The Bertz CT molecular complexity index is 1600. The molecule has 0 N–H and O–H groups in total. The first-order chi connectivity index (χ1) is 18.0. The van der Waals surface area contributed by atoms with Gasteiger partial charge in [-0.25, -0.2) is 4.98 Å². The highest BCUT2D eigenvalue weighted by Gasteiger charge is 2.23. The lowest BCUT2D eigenvalue weighted by molar-refractivity contribution is 0.267. The van der Waals surface area contributed by atoms with Crippen molar-refractivity contribution in [3.8, 4) is 11.5 Å². The average molecular weight is 818 g/mol. The van der Waals surface area contributed by atoms with Crippen LogP contribution in [0.25, 0.3) is 10.9 Å². The fraction of sp³-hybridized carbons (Fsp3) is 0.250. The number of hydrogen-bond donors (Lipinski definition) is 0. The Morgan fingerprint density at radius 1 is 1.03 bits per heavy atom. The van der Waals surface area contributed by atoms with Crippen LogP contribution in [0.4, 0.5) is 0 Å². The number of rotatable bonds is 7. The second-order valence-corrected chi connectivity index (χ2v) is 13.3. The van der Waals surface area contributed by atoms with Gasteiger partial charge in [0.25, 0.3) is 5.56 Å². The summed E-state index contributed by atoms with van der Waals surface area (Å²) in [7, 11) is 0. The van der Waals surface area contributed by atoms with E-state index in [1.807, 2.05) is 70.2 Å². The van der Waals surface area contributed by atoms with Crippen molar-refractivity contribution in [3.05, 3.63) is 92.8 Å². The van der Waals surface area contributed by atoms with Crippen LogP contribution in [0.2, 0.25) is 0 Å². The topological polar surface area (TPSA) is 65.7 Å². The van der Waals surface area contributed by atoms with Crippen molar-refractivity contribution in [2.24, 2.45) is 5.10 Å². The Hall–Kier alpha value is -1.76. The van der Waals surface area contributed by atoms with E-state index in [9.17, 15) is 4.79 Å². The van der Waals surface area contributed by atoms with E-state index in [2.05, 4.69) is 75.5 Å². The van der Waals surface area contributed by atoms with E-state index >= 15 is 0 Å². The molecule has 4 rings (SSSR count). The van der Waals surface area contributed by atoms with E-state index in [1.165, 1.54) is 4.68 Å². The summed E-state index contributed by atoms with van der Waals surface area (Å²) in [6.07, 6.45) is 1.65. The molecule has 3 aromatic carbocycles. The number of nitrogens with zero attached hydrogens (tertiary/aromatic N) is 3. The first-order valence-corrected chi connectivity index (χ1v) is 15.2. The molecule has 0 saturated heterocycles. The molecule has 0 amide bonds. The highest BCUT2D eigenvalue weighted by Crippen LogP contribution is 2.35. The van der Waals surface area contributed by atoms with Crippen molar-refractivity contribution in [1.29, 1.82) is 0 Å². The molecule has 0 spiro atoms. The zero-order valence-corrected chi connectivity index (χ0v) is 28.1. The van der Waals surface area contributed by atoms with Crippen molar-refractivity contribution >= 4 is 87.5 Å². The standard InChI is InChI=1S/C28H25Br3IN3O3/c1-5-37-24-11-16(10-22(32)25(24)38-15-17-6-7-19(30)13-21(17)31)14-33-35-26(36)20-12-18(29)8-9-23(20)34-27(35)28(2,3)4/h6-14H,5,15H2,1-4H3. The van der Waals surface area contributed by atoms with Crippen molar-refractivity contribution in [1.82, 2.24) is 9.66 Å². The zero-order valence-electron chi connectivity index (χ0n) is 21.2. The molecular formula is C28H25Br3IN3O3. The fourth-order valence-corrected chi connectivity index (χ4v) is 6.02. The van der Waals surface area contributed by atoms with Gasteiger partial charge in [0.15, 0.2) is 11.5 Å². The smallest absolute Gasteiger partial charge is 0.282 e. The van der Waals surface area contributed by atoms with Gasteiger partial charge >= 0.3 is 0 Å². The second-order valence-electron chi connectivity index (χ2n) is 9.50. The van der Waals surface area contributed by atoms with Gasteiger partial charge in [-0.05, 0) is 77.5 Å². The van der Waals surface area contributed by atoms with Crippen LogP contribution in [0.15, 0.2) is 71.8 Å². The molecule has 10 heteroatoms. The summed E-state index contributed by atoms with van der Waals surface area (Å²) in [5.74, 6) is 1.84. The van der Waals surface area contributed by atoms with Crippen LogP contribution in [-0.2, 0) is 12.0 Å². The molecule has 1 heterocycles. The van der Waals surface area contributed by atoms with Gasteiger partial charge in [0, 0.05) is 24.4 Å². The Kier molecular flexibility index (Phi) is 9.37. The number of ether oxygens (including phenoxy) is 2. The largest absolute Gasteiger partial charge is 0.490 e. The molecular weight excluding hydrogens is 793 g/mol. The number of benzene rings is 3. The normalized spacial score (nSPS) is 11.9. The van der Waals surface area contributed by atoms with Crippen LogP contribution in [0, 0.1) is 3.57 Å². The van der Waals surface area contributed by atoms with Crippen LogP contribution < -0.4 is 15.0 Å². The fourth-order valence-electron chi connectivity index (χ4n) is 3.72. The van der Waals surface area contributed by atoms with Crippen LogP contribution in [0.3, 0.4) is 0 Å². The molecule has 0 saturated carbocycles. The Morgan fingerprint density at radius 3 is 2.42 bits per heavy atom. The minimum atomic E-state index is -0.401. The molecule has 38 heavy (non-hydrogen) atoms. The summed E-state index contributed by atoms with van der Waals surface area (Å²) in [6, 6.07) is 15.3. The zero-order chi connectivity index (χ0) is 27.6. The van der Waals surface area contributed by atoms with Gasteiger partial charge in [-0.3, -0.25) is 4.79 Å². The van der Waals surface area contributed by atoms with Crippen molar-refractivity contribution in [2.45, 2.75) is 39.7 Å². The lowest BCUT2D eigenvalue weighted by Gasteiger charge is -2.21. The molecule has 0 fully saturated rings. The van der Waals surface area contributed by atoms with Gasteiger partial charge in [0.05, 0.1) is 27.3 Å². The van der Waals surface area contributed by atoms with E-state index in [4.69, 9.17) is 14.5 Å². The SMILES string of the molecule is CCOc1cc(C=Nn2c(C(C)(C)C)nc3ccc(Br)cc3c2=O)cc(I)c1OCc1ccc(Br)cc1Br. The highest BCUT2D eigenvalue weighted by molar-refractivity contribution is 14.1. The van der Waals surface area contributed by atoms with Crippen LogP contribution in [-0.4, -0.2) is 22.5 Å². The molecule has 0 atom stereocenters. The van der Waals surface area contributed by atoms with E-state index in [-0.39, 0.29) is 5.56 Å². The molecule has 0 aliphatic carbocycles. The van der Waals surface area contributed by atoms with Crippen molar-refractivity contribution in [2.75, 3.05) is 6.61 Å². The summed E-state index contributed by atoms with van der Waals surface area (Å²) in [5.41, 5.74) is 1.80. The van der Waals surface area contributed by atoms with E-state index in [0.29, 0.717) is 41.4 Å². The van der Waals surface area contributed by atoms with E-state index in [0.717, 1.165) is 28.1 Å². The molecule has 198 valence electrons. The molecule has 0 unspecified atom stereocenters. The number of aromatic nitrogens is 2. The molecule has 1 aromatic heterocycles. The van der Waals surface area contributed by atoms with E-state index < -0.39 is 5.41 Å². The molecule has 0 aliphatic heterocycles. The van der Waals surface area contributed by atoms with Gasteiger partial charge in [0.1, 0.15) is 12.4 Å². The highest BCUT2D eigenvalue weighted by atomic mass is 127. The minimum absolute atomic E-state index is 0.225. The third kappa shape index (κ3) is 6.68. The number of fused-ring (bicyclic) bond motifs is 1. The van der Waals surface area contributed by atoms with Gasteiger partial charge in [-0.1, -0.05) is 74.6 Å². The van der Waals surface area contributed by atoms with Crippen LogP contribution >= 0.6 is 70.4 Å². The van der Waals surface area contributed by atoms with E-state index in [1.54, 1.807) is 12.3 Å². The maximum Gasteiger partial charge on any atom is 0.282 e. The minimum Gasteiger partial charge on any atom is -0.490 e. The number of halogens is 4. The van der Waals surface area contributed by atoms with Crippen LogP contribution in [0.5, 0.6) is 11.5 Å². The molecule has 4 aromatic rings. The van der Waals surface area contributed by atoms with Gasteiger partial charge < -0.3 is 9.47 Å². The maximum absolute atomic E-state index is 13.5. The lowest BCUT2D eigenvalue weighted by atomic mass is 9.95. The third-order valence-corrected chi connectivity index (χ3v) is 8.05. The molecule has 0 bridgehead atoms. The third-order valence-electron chi connectivity index (χ3n) is 5.52.